The molecule has 1 atom stereocenters. The van der Waals surface area contributed by atoms with Gasteiger partial charge in [0, 0.05) is 30.2 Å². The molecule has 1 heterocycles. The quantitative estimate of drug-likeness (QED) is 0.770. The molecule has 1 rings (SSSR count). The van der Waals surface area contributed by atoms with Crippen molar-refractivity contribution in [3.05, 3.63) is 23.0 Å². The van der Waals surface area contributed by atoms with E-state index in [0.29, 0.717) is 0 Å². The molecule has 0 aliphatic carbocycles. The molecule has 0 bridgehead atoms. The third-order valence-electron chi connectivity index (χ3n) is 3.33. The Kier molecular flexibility index (Phi) is 5.42. The fraction of sp³-hybridized carbons (Fsp3) is 0.692. The van der Waals surface area contributed by atoms with Gasteiger partial charge >= 0.3 is 0 Å². The molecule has 0 fully saturated rings. The minimum absolute atomic E-state index is 0.756. The zero-order chi connectivity index (χ0) is 12.1. The molecule has 0 aliphatic rings. The zero-order valence-electron chi connectivity index (χ0n) is 11.1. The molecule has 0 saturated carbocycles. The van der Waals surface area contributed by atoms with Crippen LogP contribution in [0.1, 0.15) is 30.3 Å². The van der Waals surface area contributed by atoms with Gasteiger partial charge in [0.2, 0.25) is 0 Å². The van der Waals surface area contributed by atoms with Gasteiger partial charge in [0.05, 0.1) is 0 Å². The van der Waals surface area contributed by atoms with Gasteiger partial charge in [-0.05, 0) is 44.7 Å². The highest BCUT2D eigenvalue weighted by Crippen LogP contribution is 2.13. The van der Waals surface area contributed by atoms with Crippen LogP contribution in [0, 0.1) is 13.8 Å². The van der Waals surface area contributed by atoms with Crippen LogP contribution in [-0.4, -0.2) is 22.6 Å². The lowest BCUT2D eigenvalue weighted by Gasteiger charge is -2.09. The van der Waals surface area contributed by atoms with Crippen molar-refractivity contribution in [2.24, 2.45) is 7.05 Å². The minimum Gasteiger partial charge on any atom is -0.352 e. The maximum atomic E-state index is 3.52. The van der Waals surface area contributed by atoms with Crippen LogP contribution in [0.4, 0.5) is 0 Å². The molecule has 92 valence electrons. The molecule has 0 amide bonds. The van der Waals surface area contributed by atoms with E-state index in [1.165, 1.54) is 23.4 Å². The first kappa shape index (κ1) is 13.7. The highest BCUT2D eigenvalue weighted by atomic mass is 32.2. The van der Waals surface area contributed by atoms with Gasteiger partial charge in [0.15, 0.2) is 0 Å². The third kappa shape index (κ3) is 3.56. The Balaban J connectivity index is 2.35. The van der Waals surface area contributed by atoms with Crippen LogP contribution < -0.4 is 5.32 Å². The zero-order valence-corrected chi connectivity index (χ0v) is 11.9. The highest BCUT2D eigenvalue weighted by molar-refractivity contribution is 7.99. The van der Waals surface area contributed by atoms with Gasteiger partial charge in [0.25, 0.3) is 0 Å². The van der Waals surface area contributed by atoms with Crippen molar-refractivity contribution in [1.29, 1.82) is 0 Å². The van der Waals surface area contributed by atoms with E-state index in [2.05, 4.69) is 50.0 Å². The van der Waals surface area contributed by atoms with Gasteiger partial charge in [-0.1, -0.05) is 6.92 Å². The lowest BCUT2D eigenvalue weighted by Crippen LogP contribution is -2.18. The standard InChI is InChI=1S/C13H24N2S/c1-10-8-13(12(3)15(10)4)9-14-7-6-11(2)16-5/h8,11,14H,6-7,9H2,1-5H3. The topological polar surface area (TPSA) is 17.0 Å². The highest BCUT2D eigenvalue weighted by Gasteiger charge is 2.05. The molecule has 0 aromatic carbocycles. The number of thioether (sulfide) groups is 1. The van der Waals surface area contributed by atoms with E-state index in [0.717, 1.165) is 18.3 Å². The van der Waals surface area contributed by atoms with E-state index in [-0.39, 0.29) is 0 Å². The number of hydrogen-bond acceptors (Lipinski definition) is 2. The summed E-state index contributed by atoms with van der Waals surface area (Å²) in [6.07, 6.45) is 3.42. The first-order valence-corrected chi connectivity index (χ1v) is 7.20. The second-order valence-electron chi connectivity index (χ2n) is 4.47. The summed E-state index contributed by atoms with van der Waals surface area (Å²) in [5.74, 6) is 0. The summed E-state index contributed by atoms with van der Waals surface area (Å²) < 4.78 is 2.25. The third-order valence-corrected chi connectivity index (χ3v) is 4.37. The van der Waals surface area contributed by atoms with Gasteiger partial charge in [-0.2, -0.15) is 11.8 Å². The second kappa shape index (κ2) is 6.36. The summed E-state index contributed by atoms with van der Waals surface area (Å²) in [6, 6.07) is 2.28. The van der Waals surface area contributed by atoms with Crippen LogP contribution in [-0.2, 0) is 13.6 Å². The largest absolute Gasteiger partial charge is 0.352 e. The summed E-state index contributed by atoms with van der Waals surface area (Å²) in [7, 11) is 2.13. The predicted octanol–water partition coefficient (Wildman–Crippen LogP) is 2.87. The van der Waals surface area contributed by atoms with Gasteiger partial charge in [-0.3, -0.25) is 0 Å². The molecule has 0 saturated heterocycles. The van der Waals surface area contributed by atoms with Crippen molar-refractivity contribution >= 4 is 11.8 Å². The SMILES string of the molecule is CSC(C)CCNCc1cc(C)n(C)c1C. The van der Waals surface area contributed by atoms with E-state index >= 15 is 0 Å². The van der Waals surface area contributed by atoms with Crippen molar-refractivity contribution < 1.29 is 0 Å². The Morgan fingerprint density at radius 3 is 2.62 bits per heavy atom. The Morgan fingerprint density at radius 1 is 1.44 bits per heavy atom. The summed E-state index contributed by atoms with van der Waals surface area (Å²) in [4.78, 5) is 0. The van der Waals surface area contributed by atoms with Crippen molar-refractivity contribution in [1.82, 2.24) is 9.88 Å². The summed E-state index contributed by atoms with van der Waals surface area (Å²) in [5.41, 5.74) is 4.14. The van der Waals surface area contributed by atoms with E-state index in [1.54, 1.807) is 0 Å². The number of hydrogen-bond donors (Lipinski definition) is 1. The fourth-order valence-corrected chi connectivity index (χ4v) is 2.11. The van der Waals surface area contributed by atoms with Gasteiger partial charge in [-0.15, -0.1) is 0 Å². The van der Waals surface area contributed by atoms with Crippen molar-refractivity contribution in [3.8, 4) is 0 Å². The van der Waals surface area contributed by atoms with Crippen LogP contribution in [0.2, 0.25) is 0 Å². The molecule has 0 spiro atoms. The van der Waals surface area contributed by atoms with Crippen LogP contribution in [0.15, 0.2) is 6.07 Å². The molecule has 16 heavy (non-hydrogen) atoms. The summed E-state index contributed by atoms with van der Waals surface area (Å²) in [5, 5.41) is 4.28. The summed E-state index contributed by atoms with van der Waals surface area (Å²) in [6.45, 7) is 8.73. The molecular formula is C13H24N2S. The molecule has 0 aliphatic heterocycles. The Bertz CT molecular complexity index is 331. The van der Waals surface area contributed by atoms with Crippen molar-refractivity contribution in [2.45, 2.75) is 39.0 Å². The van der Waals surface area contributed by atoms with Crippen LogP contribution in [0.25, 0.3) is 0 Å². The molecule has 1 N–H and O–H groups in total. The maximum absolute atomic E-state index is 3.52. The molecule has 3 heteroatoms. The molecule has 1 unspecified atom stereocenters. The fourth-order valence-electron chi connectivity index (χ4n) is 1.76. The second-order valence-corrected chi connectivity index (χ2v) is 5.74. The van der Waals surface area contributed by atoms with Crippen LogP contribution in [0.3, 0.4) is 0 Å². The van der Waals surface area contributed by atoms with E-state index in [4.69, 9.17) is 0 Å². The monoisotopic (exact) mass is 240 g/mol. The lowest BCUT2D eigenvalue weighted by atomic mass is 10.2. The number of nitrogens with zero attached hydrogens (tertiary/aromatic N) is 1. The van der Waals surface area contributed by atoms with Gasteiger partial charge in [0.1, 0.15) is 0 Å². The number of aromatic nitrogens is 1. The lowest BCUT2D eigenvalue weighted by molar-refractivity contribution is 0.645. The molecular weight excluding hydrogens is 216 g/mol. The molecule has 1 aromatic rings. The normalized spacial score (nSPS) is 13.1. The first-order chi connectivity index (χ1) is 7.56. The van der Waals surface area contributed by atoms with Crippen LogP contribution >= 0.6 is 11.8 Å². The van der Waals surface area contributed by atoms with E-state index in [1.807, 2.05) is 11.8 Å². The molecule has 0 radical (unpaired) electrons. The first-order valence-electron chi connectivity index (χ1n) is 5.91. The average Bonchev–Trinajstić information content (AvgIpc) is 2.52. The Morgan fingerprint density at radius 2 is 2.12 bits per heavy atom. The van der Waals surface area contributed by atoms with E-state index in [9.17, 15) is 0 Å². The minimum atomic E-state index is 0.756. The van der Waals surface area contributed by atoms with Gasteiger partial charge in [-0.25, -0.2) is 0 Å². The number of rotatable bonds is 6. The van der Waals surface area contributed by atoms with Crippen LogP contribution in [0.5, 0.6) is 0 Å². The maximum Gasteiger partial charge on any atom is 0.0223 e. The number of nitrogens with one attached hydrogen (secondary N) is 1. The molecule has 1 aromatic heterocycles. The number of aryl methyl sites for hydroxylation is 1. The average molecular weight is 240 g/mol. The Labute approximate surface area is 104 Å². The van der Waals surface area contributed by atoms with Gasteiger partial charge < -0.3 is 9.88 Å². The molecule has 2 nitrogen and oxygen atoms in total. The smallest absolute Gasteiger partial charge is 0.0223 e. The van der Waals surface area contributed by atoms with Crippen molar-refractivity contribution in [3.63, 3.8) is 0 Å². The van der Waals surface area contributed by atoms with Crippen molar-refractivity contribution in [2.75, 3.05) is 12.8 Å². The Hall–Kier alpha value is -0.410. The predicted molar refractivity (Wildman–Crippen MR) is 74.2 cm³/mol. The van der Waals surface area contributed by atoms with E-state index < -0.39 is 0 Å². The summed E-state index contributed by atoms with van der Waals surface area (Å²) >= 11 is 1.94.